The molecule has 3 heterocycles. The molecule has 2 saturated heterocycles. The number of hydrogen-bond acceptors (Lipinski definition) is 6. The third kappa shape index (κ3) is 4.75. The third-order valence-corrected chi connectivity index (χ3v) is 5.96. The van der Waals surface area contributed by atoms with Gasteiger partial charge in [-0.2, -0.15) is 0 Å². The molecule has 0 aliphatic carbocycles. The van der Waals surface area contributed by atoms with Crippen molar-refractivity contribution in [2.75, 3.05) is 32.8 Å². The van der Waals surface area contributed by atoms with Gasteiger partial charge in [-0.25, -0.2) is 4.68 Å². The first kappa shape index (κ1) is 20.7. The minimum absolute atomic E-state index is 0.00108. The van der Waals surface area contributed by atoms with Gasteiger partial charge in [0.05, 0.1) is 18.8 Å². The molecule has 8 heteroatoms. The van der Waals surface area contributed by atoms with Gasteiger partial charge in [-0.1, -0.05) is 11.3 Å². The van der Waals surface area contributed by atoms with Crippen molar-refractivity contribution in [2.24, 2.45) is 0 Å². The van der Waals surface area contributed by atoms with E-state index >= 15 is 0 Å². The fourth-order valence-electron chi connectivity index (χ4n) is 4.39. The smallest absolute Gasteiger partial charge is 0.276 e. The third-order valence-electron chi connectivity index (χ3n) is 5.96. The number of piperidine rings is 2. The molecule has 1 N–H and O–H groups in total. The zero-order chi connectivity index (χ0) is 20.9. The van der Waals surface area contributed by atoms with Gasteiger partial charge in [-0.15, -0.1) is 5.10 Å². The van der Waals surface area contributed by atoms with Crippen molar-refractivity contribution >= 4 is 5.91 Å². The molecule has 1 unspecified atom stereocenters. The number of amides is 1. The quantitative estimate of drug-likeness (QED) is 0.784. The number of hydrogen-bond donors (Lipinski definition) is 1. The highest BCUT2D eigenvalue weighted by molar-refractivity contribution is 5.91. The summed E-state index contributed by atoms with van der Waals surface area (Å²) in [5, 5.41) is 18.4. The minimum Gasteiger partial charge on any atom is -0.504 e. The molecule has 1 aromatic heterocycles. The summed E-state index contributed by atoms with van der Waals surface area (Å²) in [6.45, 7) is 6.71. The lowest BCUT2D eigenvalue weighted by Gasteiger charge is -2.32. The molecule has 1 aromatic carbocycles. The van der Waals surface area contributed by atoms with E-state index in [1.165, 1.54) is 6.42 Å². The number of likely N-dealkylation sites (tertiary alicyclic amines) is 2. The number of carbonyl (C=O) groups is 1. The Kier molecular flexibility index (Phi) is 6.52. The second-order valence-corrected chi connectivity index (χ2v) is 8.20. The molecule has 0 bridgehead atoms. The molecule has 1 atom stereocenters. The summed E-state index contributed by atoms with van der Waals surface area (Å²) in [5.41, 5.74) is 1.56. The van der Waals surface area contributed by atoms with Crippen LogP contribution in [-0.4, -0.2) is 68.6 Å². The van der Waals surface area contributed by atoms with Crippen molar-refractivity contribution in [3.8, 4) is 11.5 Å². The minimum atomic E-state index is 0.00108. The van der Waals surface area contributed by atoms with Gasteiger partial charge in [0.15, 0.2) is 17.2 Å². The van der Waals surface area contributed by atoms with Crippen LogP contribution in [-0.2, 0) is 6.54 Å². The Morgan fingerprint density at radius 1 is 1.20 bits per heavy atom. The molecule has 0 spiro atoms. The Balaban J connectivity index is 1.39. The van der Waals surface area contributed by atoms with E-state index in [4.69, 9.17) is 4.74 Å². The zero-order valence-corrected chi connectivity index (χ0v) is 17.7. The summed E-state index contributed by atoms with van der Waals surface area (Å²) in [6, 6.07) is 5.75. The van der Waals surface area contributed by atoms with Crippen LogP contribution in [0, 0.1) is 0 Å². The van der Waals surface area contributed by atoms with Crippen molar-refractivity contribution < 1.29 is 14.6 Å². The van der Waals surface area contributed by atoms with Crippen LogP contribution in [0.4, 0.5) is 0 Å². The first-order valence-corrected chi connectivity index (χ1v) is 11.0. The van der Waals surface area contributed by atoms with E-state index in [0.29, 0.717) is 18.1 Å². The van der Waals surface area contributed by atoms with Crippen molar-refractivity contribution in [1.29, 1.82) is 0 Å². The van der Waals surface area contributed by atoms with E-state index < -0.39 is 0 Å². The molecule has 4 rings (SSSR count). The van der Waals surface area contributed by atoms with Gasteiger partial charge in [0.25, 0.3) is 5.91 Å². The molecule has 2 fully saturated rings. The Labute approximate surface area is 177 Å². The molecule has 8 nitrogen and oxygen atoms in total. The lowest BCUT2D eigenvalue weighted by molar-refractivity contribution is 0.0718. The van der Waals surface area contributed by atoms with Gasteiger partial charge in [-0.3, -0.25) is 9.69 Å². The number of nitrogens with zero attached hydrogens (tertiary/aromatic N) is 5. The molecule has 1 amide bonds. The number of phenols is 1. The predicted octanol–water partition coefficient (Wildman–Crippen LogP) is 2.85. The second-order valence-electron chi connectivity index (χ2n) is 8.20. The molecule has 2 aromatic rings. The van der Waals surface area contributed by atoms with Gasteiger partial charge in [-0.05, 0) is 63.3 Å². The fourth-order valence-corrected chi connectivity index (χ4v) is 4.39. The number of rotatable bonds is 6. The maximum atomic E-state index is 12.7. The van der Waals surface area contributed by atoms with Crippen LogP contribution < -0.4 is 4.74 Å². The van der Waals surface area contributed by atoms with E-state index in [-0.39, 0.29) is 17.7 Å². The van der Waals surface area contributed by atoms with E-state index in [0.717, 1.165) is 64.0 Å². The number of ether oxygens (including phenoxy) is 1. The molecule has 30 heavy (non-hydrogen) atoms. The van der Waals surface area contributed by atoms with E-state index in [1.807, 2.05) is 34.8 Å². The number of aromatic hydroxyl groups is 1. The summed E-state index contributed by atoms with van der Waals surface area (Å²) in [7, 11) is 0. The topological polar surface area (TPSA) is 83.7 Å². The summed E-state index contributed by atoms with van der Waals surface area (Å²) in [6.07, 6.45) is 7.24. The van der Waals surface area contributed by atoms with E-state index in [2.05, 4.69) is 15.2 Å². The normalized spacial score (nSPS) is 20.3. The van der Waals surface area contributed by atoms with E-state index in [9.17, 15) is 9.90 Å². The molecule has 0 radical (unpaired) electrons. The average molecular weight is 414 g/mol. The molecule has 162 valence electrons. The van der Waals surface area contributed by atoms with Crippen LogP contribution in [0.2, 0.25) is 0 Å². The number of benzene rings is 1. The monoisotopic (exact) mass is 413 g/mol. The van der Waals surface area contributed by atoms with Gasteiger partial charge < -0.3 is 14.7 Å². The molecule has 0 saturated carbocycles. The van der Waals surface area contributed by atoms with Crippen molar-refractivity contribution in [3.63, 3.8) is 0 Å². The summed E-state index contributed by atoms with van der Waals surface area (Å²) in [5.74, 6) is 0.701. The second kappa shape index (κ2) is 9.47. The van der Waals surface area contributed by atoms with Crippen LogP contribution in [0.25, 0.3) is 0 Å². The van der Waals surface area contributed by atoms with Crippen LogP contribution in [0.3, 0.4) is 0 Å². The van der Waals surface area contributed by atoms with Crippen LogP contribution in [0.15, 0.2) is 24.4 Å². The zero-order valence-electron chi connectivity index (χ0n) is 17.7. The number of aromatic nitrogens is 3. The highest BCUT2D eigenvalue weighted by atomic mass is 16.5. The highest BCUT2D eigenvalue weighted by Gasteiger charge is 2.25. The summed E-state index contributed by atoms with van der Waals surface area (Å²) < 4.78 is 7.37. The largest absolute Gasteiger partial charge is 0.504 e. The summed E-state index contributed by atoms with van der Waals surface area (Å²) >= 11 is 0. The number of phenolic OH excluding ortho intramolecular Hbond substituents is 1. The maximum Gasteiger partial charge on any atom is 0.276 e. The van der Waals surface area contributed by atoms with Gasteiger partial charge in [0, 0.05) is 26.2 Å². The first-order chi connectivity index (χ1) is 14.6. The molecule has 2 aliphatic heterocycles. The van der Waals surface area contributed by atoms with E-state index in [1.54, 1.807) is 6.07 Å². The van der Waals surface area contributed by atoms with Gasteiger partial charge in [0.2, 0.25) is 0 Å². The highest BCUT2D eigenvalue weighted by Crippen LogP contribution is 2.29. The Morgan fingerprint density at radius 3 is 2.83 bits per heavy atom. The summed E-state index contributed by atoms with van der Waals surface area (Å²) in [4.78, 5) is 17.0. The fraction of sp³-hybridized carbons (Fsp3) is 0.591. The SMILES string of the molecule is CCOc1cc(CN2CCCC(n3cc(C(=O)N4CCCCC4)nn3)C2)ccc1O. The van der Waals surface area contributed by atoms with Gasteiger partial charge in [0.1, 0.15) is 0 Å². The molecular weight excluding hydrogens is 382 g/mol. The van der Waals surface area contributed by atoms with Gasteiger partial charge >= 0.3 is 0 Å². The Morgan fingerprint density at radius 2 is 2.03 bits per heavy atom. The van der Waals surface area contributed by atoms with Crippen LogP contribution in [0.1, 0.15) is 61.1 Å². The standard InChI is InChI=1S/C22H31N5O3/c1-2-30-21-13-17(8-9-20(21)28)14-25-10-6-7-18(15-25)27-16-19(23-24-27)22(29)26-11-4-3-5-12-26/h8-9,13,16,18,28H,2-7,10-12,14-15H2,1H3. The van der Waals surface area contributed by atoms with Crippen LogP contribution >= 0.6 is 0 Å². The maximum absolute atomic E-state index is 12.7. The lowest BCUT2D eigenvalue weighted by Crippen LogP contribution is -2.36. The Hall–Kier alpha value is -2.61. The van der Waals surface area contributed by atoms with Crippen molar-refractivity contribution in [3.05, 3.63) is 35.7 Å². The number of carbonyl (C=O) groups excluding carboxylic acids is 1. The Bertz CT molecular complexity index is 862. The average Bonchev–Trinajstić information content (AvgIpc) is 3.27. The predicted molar refractivity (Wildman–Crippen MR) is 113 cm³/mol. The molecular formula is C22H31N5O3. The van der Waals surface area contributed by atoms with Crippen LogP contribution in [0.5, 0.6) is 11.5 Å². The lowest BCUT2D eigenvalue weighted by atomic mass is 10.0. The first-order valence-electron chi connectivity index (χ1n) is 11.0. The van der Waals surface area contributed by atoms with Crippen molar-refractivity contribution in [2.45, 2.75) is 51.6 Å². The molecule has 2 aliphatic rings. The van der Waals surface area contributed by atoms with Crippen molar-refractivity contribution in [1.82, 2.24) is 24.8 Å².